The van der Waals surface area contributed by atoms with Crippen molar-refractivity contribution >= 4 is 27.3 Å². The summed E-state index contributed by atoms with van der Waals surface area (Å²) >= 11 is 3.37. The summed E-state index contributed by atoms with van der Waals surface area (Å²) in [6, 6.07) is 7.70. The molecule has 0 aliphatic carbocycles. The minimum absolute atomic E-state index is 0.159. The van der Waals surface area contributed by atoms with Gasteiger partial charge in [0.15, 0.2) is 0 Å². The highest BCUT2D eigenvalue weighted by molar-refractivity contribution is 9.09. The van der Waals surface area contributed by atoms with Crippen LogP contribution in [0, 0.1) is 0 Å². The molecule has 0 unspecified atom stereocenters. The van der Waals surface area contributed by atoms with Crippen LogP contribution in [0.4, 0.5) is 5.69 Å². The van der Waals surface area contributed by atoms with Crippen molar-refractivity contribution < 1.29 is 4.84 Å². The lowest BCUT2D eigenvalue weighted by Crippen LogP contribution is -2.09. The van der Waals surface area contributed by atoms with Gasteiger partial charge < -0.3 is 10.6 Å². The Bertz CT molecular complexity index is 365. The number of rotatable bonds is 2. The molecule has 1 aliphatic rings. The van der Waals surface area contributed by atoms with Crippen molar-refractivity contribution in [1.82, 2.24) is 0 Å². The van der Waals surface area contributed by atoms with Crippen LogP contribution < -0.4 is 5.73 Å². The molecule has 0 amide bonds. The lowest BCUT2D eigenvalue weighted by Gasteiger charge is -2.01. The van der Waals surface area contributed by atoms with Gasteiger partial charge in [-0.2, -0.15) is 0 Å². The number of hydrogen-bond acceptors (Lipinski definition) is 3. The molecule has 1 aliphatic heterocycles. The van der Waals surface area contributed by atoms with Gasteiger partial charge in [0.2, 0.25) is 0 Å². The van der Waals surface area contributed by atoms with Crippen LogP contribution in [-0.2, 0) is 4.84 Å². The van der Waals surface area contributed by atoms with Crippen LogP contribution in [0.15, 0.2) is 29.4 Å². The fraction of sp³-hybridized carbons (Fsp3) is 0.300. The molecule has 0 fully saturated rings. The molecule has 0 saturated heterocycles. The predicted octanol–water partition coefficient (Wildman–Crippen LogP) is 2.16. The fourth-order valence-electron chi connectivity index (χ4n) is 1.40. The molecule has 74 valence electrons. The number of halogens is 1. The van der Waals surface area contributed by atoms with E-state index >= 15 is 0 Å². The van der Waals surface area contributed by atoms with Gasteiger partial charge in [0, 0.05) is 23.0 Å². The van der Waals surface area contributed by atoms with Crippen molar-refractivity contribution in [2.45, 2.75) is 12.5 Å². The van der Waals surface area contributed by atoms with E-state index in [9.17, 15) is 0 Å². The van der Waals surface area contributed by atoms with E-state index in [1.54, 1.807) is 0 Å². The monoisotopic (exact) mass is 254 g/mol. The summed E-state index contributed by atoms with van der Waals surface area (Å²) in [5, 5.41) is 4.84. The molecule has 1 aromatic rings. The Hall–Kier alpha value is -1.03. The third kappa shape index (κ3) is 1.90. The highest BCUT2D eigenvalue weighted by atomic mass is 79.9. The molecule has 3 nitrogen and oxygen atoms in total. The molecule has 0 spiro atoms. The Morgan fingerprint density at radius 2 is 2.43 bits per heavy atom. The average Bonchev–Trinajstić information content (AvgIpc) is 2.66. The lowest BCUT2D eigenvalue weighted by atomic mass is 10.1. The lowest BCUT2D eigenvalue weighted by molar-refractivity contribution is 0.104. The number of nitrogens with two attached hydrogens (primary N) is 1. The van der Waals surface area contributed by atoms with Crippen molar-refractivity contribution in [2.24, 2.45) is 5.16 Å². The maximum Gasteiger partial charge on any atom is 0.142 e. The first-order valence-corrected chi connectivity index (χ1v) is 5.56. The van der Waals surface area contributed by atoms with Crippen molar-refractivity contribution in [2.75, 3.05) is 11.1 Å². The third-order valence-electron chi connectivity index (χ3n) is 2.12. The predicted molar refractivity (Wildman–Crippen MR) is 60.7 cm³/mol. The fourth-order valence-corrected chi connectivity index (χ4v) is 1.75. The molecule has 14 heavy (non-hydrogen) atoms. The molecular weight excluding hydrogens is 244 g/mol. The molecule has 1 heterocycles. The summed E-state index contributed by atoms with van der Waals surface area (Å²) in [5.74, 6) is 0. The molecule has 2 N–H and O–H groups in total. The number of anilines is 1. The zero-order chi connectivity index (χ0) is 9.97. The van der Waals surface area contributed by atoms with Crippen LogP contribution in [0.1, 0.15) is 12.0 Å². The van der Waals surface area contributed by atoms with Gasteiger partial charge in [-0.1, -0.05) is 33.2 Å². The van der Waals surface area contributed by atoms with Crippen molar-refractivity contribution in [3.05, 3.63) is 29.8 Å². The van der Waals surface area contributed by atoms with Gasteiger partial charge in [-0.05, 0) is 12.1 Å². The van der Waals surface area contributed by atoms with Gasteiger partial charge in [-0.15, -0.1) is 0 Å². The van der Waals surface area contributed by atoms with Crippen molar-refractivity contribution in [1.29, 1.82) is 0 Å². The summed E-state index contributed by atoms with van der Waals surface area (Å²) in [5.41, 5.74) is 8.47. The molecule has 4 heteroatoms. The summed E-state index contributed by atoms with van der Waals surface area (Å²) in [7, 11) is 0. The topological polar surface area (TPSA) is 47.6 Å². The van der Waals surface area contributed by atoms with Gasteiger partial charge in [-0.3, -0.25) is 0 Å². The molecule has 1 aromatic carbocycles. The maximum atomic E-state index is 5.69. The Morgan fingerprint density at radius 1 is 1.57 bits per heavy atom. The summed E-state index contributed by atoms with van der Waals surface area (Å²) in [6.07, 6.45) is 1.00. The van der Waals surface area contributed by atoms with E-state index in [0.29, 0.717) is 0 Å². The second-order valence-corrected chi connectivity index (χ2v) is 3.90. The Morgan fingerprint density at radius 3 is 3.07 bits per heavy atom. The molecule has 0 saturated carbocycles. The minimum Gasteiger partial charge on any atom is -0.399 e. The first-order valence-electron chi connectivity index (χ1n) is 4.44. The smallest absolute Gasteiger partial charge is 0.142 e. The molecule has 1 atom stereocenters. The quantitative estimate of drug-likeness (QED) is 0.650. The Balaban J connectivity index is 2.17. The van der Waals surface area contributed by atoms with E-state index in [4.69, 9.17) is 10.6 Å². The van der Waals surface area contributed by atoms with Crippen LogP contribution in [0.25, 0.3) is 0 Å². The zero-order valence-corrected chi connectivity index (χ0v) is 9.20. The highest BCUT2D eigenvalue weighted by Crippen LogP contribution is 2.19. The second-order valence-electron chi connectivity index (χ2n) is 3.25. The number of benzene rings is 1. The first kappa shape index (κ1) is 9.52. The molecule has 0 aromatic heterocycles. The van der Waals surface area contributed by atoms with Gasteiger partial charge in [-0.25, -0.2) is 0 Å². The van der Waals surface area contributed by atoms with Gasteiger partial charge in [0.25, 0.3) is 0 Å². The van der Waals surface area contributed by atoms with E-state index in [-0.39, 0.29) is 6.10 Å². The van der Waals surface area contributed by atoms with Crippen LogP contribution in [0.5, 0.6) is 0 Å². The standard InChI is InChI=1S/C10H11BrN2O/c11-6-9-5-10(13-14-9)7-2-1-3-8(12)4-7/h1-4,9H,5-6,12H2/t9-/m1/s1. The minimum atomic E-state index is 0.159. The Kier molecular flexibility index (Phi) is 2.72. The third-order valence-corrected chi connectivity index (χ3v) is 2.85. The maximum absolute atomic E-state index is 5.69. The zero-order valence-electron chi connectivity index (χ0n) is 7.61. The normalized spacial score (nSPS) is 20.4. The number of alkyl halides is 1. The first-order chi connectivity index (χ1) is 6.79. The Labute approximate surface area is 91.1 Å². The second kappa shape index (κ2) is 4.00. The molecular formula is C10H11BrN2O. The molecule has 0 bridgehead atoms. The van der Waals surface area contributed by atoms with Crippen molar-refractivity contribution in [3.63, 3.8) is 0 Å². The van der Waals surface area contributed by atoms with Crippen LogP contribution in [0.3, 0.4) is 0 Å². The van der Waals surface area contributed by atoms with E-state index in [0.717, 1.165) is 28.7 Å². The average molecular weight is 255 g/mol. The number of oxime groups is 1. The number of nitrogen functional groups attached to an aromatic ring is 1. The van der Waals surface area contributed by atoms with Crippen LogP contribution >= 0.6 is 15.9 Å². The molecule has 0 radical (unpaired) electrons. The van der Waals surface area contributed by atoms with E-state index < -0.39 is 0 Å². The SMILES string of the molecule is Nc1cccc(C2=NO[C@@H](CBr)C2)c1. The van der Waals surface area contributed by atoms with Gasteiger partial charge in [0.05, 0.1) is 5.71 Å². The highest BCUT2D eigenvalue weighted by Gasteiger charge is 2.20. The number of nitrogens with zero attached hydrogens (tertiary/aromatic N) is 1. The summed E-state index contributed by atoms with van der Waals surface area (Å²) in [6.45, 7) is 0. The van der Waals surface area contributed by atoms with E-state index in [2.05, 4.69) is 21.1 Å². The van der Waals surface area contributed by atoms with Crippen molar-refractivity contribution in [3.8, 4) is 0 Å². The molecule has 2 rings (SSSR count). The van der Waals surface area contributed by atoms with E-state index in [1.165, 1.54) is 0 Å². The van der Waals surface area contributed by atoms with Crippen LogP contribution in [-0.4, -0.2) is 17.1 Å². The van der Waals surface area contributed by atoms with E-state index in [1.807, 2.05) is 24.3 Å². The van der Waals surface area contributed by atoms with Gasteiger partial charge >= 0.3 is 0 Å². The largest absolute Gasteiger partial charge is 0.399 e. The van der Waals surface area contributed by atoms with Crippen LogP contribution in [0.2, 0.25) is 0 Å². The summed E-state index contributed by atoms with van der Waals surface area (Å²) in [4.78, 5) is 5.21. The summed E-state index contributed by atoms with van der Waals surface area (Å²) < 4.78 is 0. The number of hydrogen-bond donors (Lipinski definition) is 1. The van der Waals surface area contributed by atoms with Gasteiger partial charge in [0.1, 0.15) is 6.10 Å².